The van der Waals surface area contributed by atoms with E-state index in [2.05, 4.69) is 107 Å². The summed E-state index contributed by atoms with van der Waals surface area (Å²) >= 11 is 1.74. The number of para-hydroxylation sites is 1. The number of nitrogens with zero attached hydrogens (tertiary/aromatic N) is 2. The minimum absolute atomic E-state index is 0.0431. The zero-order valence-electron chi connectivity index (χ0n) is 19.6. The predicted molar refractivity (Wildman–Crippen MR) is 144 cm³/mol. The van der Waals surface area contributed by atoms with Crippen molar-refractivity contribution in [3.05, 3.63) is 130 Å². The fraction of sp³-hybridized carbons (Fsp3) is 0.194. The summed E-state index contributed by atoms with van der Waals surface area (Å²) in [5.41, 5.74) is 6.38. The zero-order chi connectivity index (χ0) is 23.6. The topological polar surface area (TPSA) is 25.2 Å². The molecule has 5 aromatic rings. The summed E-state index contributed by atoms with van der Waals surface area (Å²) in [6.45, 7) is 2.32. The van der Waals surface area contributed by atoms with Crippen LogP contribution in [-0.4, -0.2) is 21.9 Å². The molecule has 0 saturated carbocycles. The van der Waals surface area contributed by atoms with Gasteiger partial charge in [0.15, 0.2) is 0 Å². The van der Waals surface area contributed by atoms with Crippen molar-refractivity contribution < 1.29 is 4.79 Å². The van der Waals surface area contributed by atoms with E-state index in [-0.39, 0.29) is 11.8 Å². The summed E-state index contributed by atoms with van der Waals surface area (Å²) in [7, 11) is 0. The van der Waals surface area contributed by atoms with E-state index in [0.29, 0.717) is 13.0 Å². The number of hydrogen-bond donors (Lipinski definition) is 0. The van der Waals surface area contributed by atoms with Crippen LogP contribution >= 0.6 is 11.3 Å². The van der Waals surface area contributed by atoms with Gasteiger partial charge in [-0.2, -0.15) is 0 Å². The average molecular weight is 477 g/mol. The van der Waals surface area contributed by atoms with Gasteiger partial charge in [-0.15, -0.1) is 11.3 Å². The number of benzene rings is 3. The summed E-state index contributed by atoms with van der Waals surface area (Å²) in [5, 5.41) is 3.35. The standard InChI is InChI=1S/C31H28N2OS/c34-31(32-17-16-24-11-4-5-12-25(24)21-32)19-27(30-15-8-18-35-30)28-22-33(20-23-9-2-1-3-10-23)29-14-7-6-13-26(28)29/h1-15,18,22,27H,16-17,19-21H2. The van der Waals surface area contributed by atoms with Gasteiger partial charge < -0.3 is 9.47 Å². The van der Waals surface area contributed by atoms with Crippen molar-refractivity contribution in [2.45, 2.75) is 31.8 Å². The van der Waals surface area contributed by atoms with Crippen molar-refractivity contribution in [2.75, 3.05) is 6.54 Å². The van der Waals surface area contributed by atoms with Crippen LogP contribution in [0.5, 0.6) is 0 Å². The van der Waals surface area contributed by atoms with E-state index >= 15 is 0 Å². The Morgan fingerprint density at radius 2 is 1.63 bits per heavy atom. The number of thiophene rings is 1. The largest absolute Gasteiger partial charge is 0.343 e. The molecule has 0 spiro atoms. The van der Waals surface area contributed by atoms with Crippen LogP contribution in [0.15, 0.2) is 103 Å². The summed E-state index contributed by atoms with van der Waals surface area (Å²) in [6, 6.07) is 32.0. The Morgan fingerprint density at radius 1 is 0.857 bits per heavy atom. The zero-order valence-corrected chi connectivity index (χ0v) is 20.5. The third-order valence-corrected chi connectivity index (χ3v) is 8.13. The van der Waals surface area contributed by atoms with Crippen LogP contribution in [-0.2, 0) is 24.3 Å². The van der Waals surface area contributed by atoms with Crippen molar-refractivity contribution in [3.8, 4) is 0 Å². The van der Waals surface area contributed by atoms with Crippen molar-refractivity contribution in [1.82, 2.24) is 9.47 Å². The third-order valence-electron chi connectivity index (χ3n) is 7.14. The van der Waals surface area contributed by atoms with Crippen molar-refractivity contribution in [2.24, 2.45) is 0 Å². The van der Waals surface area contributed by atoms with E-state index in [4.69, 9.17) is 0 Å². The molecule has 0 aliphatic carbocycles. The van der Waals surface area contributed by atoms with Crippen molar-refractivity contribution >= 4 is 28.1 Å². The van der Waals surface area contributed by atoms with Crippen LogP contribution in [0.25, 0.3) is 10.9 Å². The van der Waals surface area contributed by atoms with Gasteiger partial charge >= 0.3 is 0 Å². The molecule has 3 nitrogen and oxygen atoms in total. The van der Waals surface area contributed by atoms with E-state index in [1.54, 1.807) is 11.3 Å². The Hall–Kier alpha value is -3.63. The molecule has 0 N–H and O–H groups in total. The monoisotopic (exact) mass is 476 g/mol. The lowest BCUT2D eigenvalue weighted by atomic mass is 9.92. The number of carbonyl (C=O) groups excluding carboxylic acids is 1. The highest BCUT2D eigenvalue weighted by Crippen LogP contribution is 2.38. The first-order valence-corrected chi connectivity index (χ1v) is 13.1. The van der Waals surface area contributed by atoms with Crippen LogP contribution in [0.1, 0.15) is 39.5 Å². The minimum atomic E-state index is 0.0431. The summed E-state index contributed by atoms with van der Waals surface area (Å²) < 4.78 is 2.34. The van der Waals surface area contributed by atoms with E-state index < -0.39 is 0 Å². The molecule has 1 amide bonds. The number of fused-ring (bicyclic) bond motifs is 2. The predicted octanol–water partition coefficient (Wildman–Crippen LogP) is 6.86. The first-order valence-electron chi connectivity index (χ1n) is 12.3. The molecule has 2 aromatic heterocycles. The Labute approximate surface area is 210 Å². The third kappa shape index (κ3) is 4.42. The molecule has 1 unspecified atom stereocenters. The van der Waals surface area contributed by atoms with E-state index in [1.165, 1.54) is 38.0 Å². The molecule has 0 bridgehead atoms. The van der Waals surface area contributed by atoms with Crippen LogP contribution in [0.4, 0.5) is 0 Å². The second-order valence-corrected chi connectivity index (χ2v) is 10.3. The van der Waals surface area contributed by atoms with Gasteiger partial charge in [0.2, 0.25) is 5.91 Å². The lowest BCUT2D eigenvalue weighted by Gasteiger charge is -2.30. The Morgan fingerprint density at radius 3 is 2.46 bits per heavy atom. The molecule has 35 heavy (non-hydrogen) atoms. The molecule has 174 valence electrons. The Bertz CT molecular complexity index is 1450. The molecule has 1 atom stereocenters. The molecule has 4 heteroatoms. The first-order chi connectivity index (χ1) is 17.3. The number of amides is 1. The maximum atomic E-state index is 13.6. The average Bonchev–Trinajstić information content (AvgIpc) is 3.57. The molecular formula is C31H28N2OS. The number of carbonyl (C=O) groups is 1. The minimum Gasteiger partial charge on any atom is -0.343 e. The Balaban J connectivity index is 1.34. The molecule has 0 saturated heterocycles. The highest BCUT2D eigenvalue weighted by atomic mass is 32.1. The van der Waals surface area contributed by atoms with Gasteiger partial charge in [-0.25, -0.2) is 0 Å². The highest BCUT2D eigenvalue weighted by Gasteiger charge is 2.27. The summed E-state index contributed by atoms with van der Waals surface area (Å²) in [5.74, 6) is 0.277. The maximum absolute atomic E-state index is 13.6. The Kier molecular flexibility index (Phi) is 5.97. The fourth-order valence-corrected chi connectivity index (χ4v) is 6.18. The summed E-state index contributed by atoms with van der Waals surface area (Å²) in [6.07, 6.45) is 3.70. The molecule has 0 fully saturated rings. The first kappa shape index (κ1) is 21.9. The maximum Gasteiger partial charge on any atom is 0.223 e. The van der Waals surface area contributed by atoms with Crippen LogP contribution < -0.4 is 0 Å². The molecular weight excluding hydrogens is 448 g/mol. The van der Waals surface area contributed by atoms with Crippen LogP contribution in [0.3, 0.4) is 0 Å². The second-order valence-electron chi connectivity index (χ2n) is 9.32. The van der Waals surface area contributed by atoms with Crippen LogP contribution in [0.2, 0.25) is 0 Å². The van der Waals surface area contributed by atoms with Gasteiger partial charge in [0.25, 0.3) is 0 Å². The molecule has 3 heterocycles. The lowest BCUT2D eigenvalue weighted by molar-refractivity contribution is -0.132. The fourth-order valence-electron chi connectivity index (χ4n) is 5.33. The highest BCUT2D eigenvalue weighted by molar-refractivity contribution is 7.10. The quantitative estimate of drug-likeness (QED) is 0.263. The van der Waals surface area contributed by atoms with E-state index in [0.717, 1.165) is 19.5 Å². The SMILES string of the molecule is O=C(CC(c1cccs1)c1cn(Cc2ccccc2)c2ccccc12)N1CCc2ccccc2C1. The lowest BCUT2D eigenvalue weighted by Crippen LogP contribution is -2.36. The smallest absolute Gasteiger partial charge is 0.223 e. The van der Waals surface area contributed by atoms with Gasteiger partial charge in [0, 0.05) is 53.9 Å². The molecule has 6 rings (SSSR count). The number of hydrogen-bond acceptors (Lipinski definition) is 2. The molecule has 1 aliphatic heterocycles. The van der Waals surface area contributed by atoms with Gasteiger partial charge in [-0.1, -0.05) is 78.9 Å². The van der Waals surface area contributed by atoms with Gasteiger partial charge in [-0.3, -0.25) is 4.79 Å². The normalized spacial score (nSPS) is 14.1. The molecule has 3 aromatic carbocycles. The molecule has 1 aliphatic rings. The van der Waals surface area contributed by atoms with Crippen LogP contribution in [0, 0.1) is 0 Å². The van der Waals surface area contributed by atoms with E-state index in [9.17, 15) is 4.79 Å². The van der Waals surface area contributed by atoms with Gasteiger partial charge in [0.05, 0.1) is 0 Å². The number of aromatic nitrogens is 1. The van der Waals surface area contributed by atoms with Gasteiger partial charge in [0.1, 0.15) is 0 Å². The summed E-state index contributed by atoms with van der Waals surface area (Å²) in [4.78, 5) is 16.9. The molecule has 0 radical (unpaired) electrons. The van der Waals surface area contributed by atoms with Crippen molar-refractivity contribution in [3.63, 3.8) is 0 Å². The van der Waals surface area contributed by atoms with E-state index in [1.807, 2.05) is 4.90 Å². The van der Waals surface area contributed by atoms with Crippen molar-refractivity contribution in [1.29, 1.82) is 0 Å². The second kappa shape index (κ2) is 9.55. The van der Waals surface area contributed by atoms with Gasteiger partial charge in [-0.05, 0) is 46.2 Å². The number of rotatable bonds is 6.